The zero-order valence-corrected chi connectivity index (χ0v) is 14.1. The van der Waals surface area contributed by atoms with E-state index in [9.17, 15) is 14.4 Å². The summed E-state index contributed by atoms with van der Waals surface area (Å²) in [6.07, 6.45) is 1.04. The van der Waals surface area contributed by atoms with Crippen molar-refractivity contribution >= 4 is 17.9 Å². The molecule has 7 heteroatoms. The molecule has 0 radical (unpaired) electrons. The van der Waals surface area contributed by atoms with Crippen molar-refractivity contribution in [2.75, 3.05) is 20.3 Å². The molecule has 7 nitrogen and oxygen atoms in total. The van der Waals surface area contributed by atoms with Crippen LogP contribution in [-0.4, -0.2) is 48.6 Å². The lowest BCUT2D eigenvalue weighted by Gasteiger charge is -2.21. The third-order valence-electron chi connectivity index (χ3n) is 4.01. The molecule has 130 valence electrons. The minimum absolute atomic E-state index is 0.206. The quantitative estimate of drug-likeness (QED) is 0.603. The monoisotopic (exact) mass is 334 g/mol. The van der Waals surface area contributed by atoms with Crippen LogP contribution in [-0.2, 0) is 20.7 Å². The second-order valence-corrected chi connectivity index (χ2v) is 5.81. The molecule has 1 heterocycles. The van der Waals surface area contributed by atoms with E-state index in [0.29, 0.717) is 12.8 Å². The summed E-state index contributed by atoms with van der Waals surface area (Å²) in [6.45, 7) is 3.18. The third-order valence-corrected chi connectivity index (χ3v) is 4.01. The molecule has 1 N–H and O–H groups in total. The Morgan fingerprint density at radius 3 is 2.50 bits per heavy atom. The van der Waals surface area contributed by atoms with Crippen LogP contribution < -0.4 is 10.1 Å². The maximum absolute atomic E-state index is 12.5. The third kappa shape index (κ3) is 3.84. The fraction of sp³-hybridized carbons (Fsp3) is 0.471. The van der Waals surface area contributed by atoms with Crippen LogP contribution >= 0.6 is 0 Å². The molecule has 1 aliphatic heterocycles. The summed E-state index contributed by atoms with van der Waals surface area (Å²) in [6, 6.07) is 6.96. The number of hydrogen-bond acceptors (Lipinski definition) is 5. The Morgan fingerprint density at radius 2 is 1.92 bits per heavy atom. The highest BCUT2D eigenvalue weighted by Crippen LogP contribution is 2.24. The van der Waals surface area contributed by atoms with Crippen molar-refractivity contribution in [3.05, 3.63) is 29.8 Å². The van der Waals surface area contributed by atoms with Crippen LogP contribution in [0.4, 0.5) is 4.79 Å². The number of hydrogen-bond donors (Lipinski definition) is 1. The maximum atomic E-state index is 12.5. The van der Waals surface area contributed by atoms with Gasteiger partial charge in [0.2, 0.25) is 0 Å². The van der Waals surface area contributed by atoms with Gasteiger partial charge >= 0.3 is 12.0 Å². The van der Waals surface area contributed by atoms with Crippen LogP contribution in [0.15, 0.2) is 24.3 Å². The van der Waals surface area contributed by atoms with E-state index in [1.807, 2.05) is 24.3 Å². The average molecular weight is 334 g/mol. The highest BCUT2D eigenvalue weighted by Gasteiger charge is 2.48. The number of ether oxygens (including phenoxy) is 2. The van der Waals surface area contributed by atoms with Crippen molar-refractivity contribution in [2.24, 2.45) is 0 Å². The van der Waals surface area contributed by atoms with E-state index in [0.717, 1.165) is 16.2 Å². The zero-order valence-electron chi connectivity index (χ0n) is 14.1. The first-order chi connectivity index (χ1) is 11.4. The average Bonchev–Trinajstić information content (AvgIpc) is 2.77. The van der Waals surface area contributed by atoms with Crippen LogP contribution in [0.25, 0.3) is 0 Å². The van der Waals surface area contributed by atoms with Gasteiger partial charge in [-0.05, 0) is 44.4 Å². The van der Waals surface area contributed by atoms with E-state index in [2.05, 4.69) is 5.32 Å². The van der Waals surface area contributed by atoms with E-state index in [-0.39, 0.29) is 13.2 Å². The number of carbonyl (C=O) groups is 3. The van der Waals surface area contributed by atoms with E-state index >= 15 is 0 Å². The Hall–Kier alpha value is -2.57. The van der Waals surface area contributed by atoms with Gasteiger partial charge in [-0.25, -0.2) is 4.79 Å². The van der Waals surface area contributed by atoms with Crippen molar-refractivity contribution in [2.45, 2.75) is 32.2 Å². The van der Waals surface area contributed by atoms with Gasteiger partial charge in [-0.3, -0.25) is 14.5 Å². The molecule has 0 bridgehead atoms. The topological polar surface area (TPSA) is 84.9 Å². The van der Waals surface area contributed by atoms with Crippen LogP contribution in [0, 0.1) is 0 Å². The molecular formula is C17H22N2O5. The van der Waals surface area contributed by atoms with Gasteiger partial charge in [0.25, 0.3) is 5.91 Å². The van der Waals surface area contributed by atoms with Gasteiger partial charge in [0.05, 0.1) is 13.7 Å². The molecule has 3 amide bonds. The molecule has 0 unspecified atom stereocenters. The second kappa shape index (κ2) is 7.33. The number of imide groups is 1. The minimum atomic E-state index is -1.02. The molecule has 0 spiro atoms. The number of carbonyl (C=O) groups excluding carboxylic acids is 3. The van der Waals surface area contributed by atoms with E-state index in [1.165, 1.54) is 0 Å². The number of nitrogens with zero attached hydrogens (tertiary/aromatic N) is 1. The molecule has 1 aromatic rings. The van der Waals surface area contributed by atoms with Crippen LogP contribution in [0.1, 0.15) is 25.8 Å². The molecule has 1 fully saturated rings. The second-order valence-electron chi connectivity index (χ2n) is 5.81. The van der Waals surface area contributed by atoms with Crippen molar-refractivity contribution in [3.63, 3.8) is 0 Å². The van der Waals surface area contributed by atoms with Gasteiger partial charge in [0.1, 0.15) is 17.8 Å². The standard InChI is InChI=1S/C17H22N2O5/c1-4-24-14(20)11-19-15(21)17(2,18-16(19)22)10-9-12-5-7-13(23-3)8-6-12/h5-8H,4,9-11H2,1-3H3,(H,18,22)/t17-/m1/s1. The Kier molecular flexibility index (Phi) is 5.43. The summed E-state index contributed by atoms with van der Waals surface area (Å²) in [7, 11) is 1.60. The fourth-order valence-electron chi connectivity index (χ4n) is 2.58. The fourth-order valence-corrected chi connectivity index (χ4v) is 2.58. The van der Waals surface area contributed by atoms with Gasteiger partial charge in [0.15, 0.2) is 0 Å². The largest absolute Gasteiger partial charge is 0.497 e. The minimum Gasteiger partial charge on any atom is -0.497 e. The number of aryl methyl sites for hydroxylation is 1. The maximum Gasteiger partial charge on any atom is 0.326 e. The van der Waals surface area contributed by atoms with Crippen LogP contribution in [0.2, 0.25) is 0 Å². The Morgan fingerprint density at radius 1 is 1.25 bits per heavy atom. The number of urea groups is 1. The molecule has 1 atom stereocenters. The summed E-state index contributed by atoms with van der Waals surface area (Å²) in [5.74, 6) is -0.245. The first-order valence-corrected chi connectivity index (χ1v) is 7.82. The van der Waals surface area contributed by atoms with Crippen molar-refractivity contribution in [1.82, 2.24) is 10.2 Å². The summed E-state index contributed by atoms with van der Waals surface area (Å²) in [5, 5.41) is 2.68. The zero-order chi connectivity index (χ0) is 17.7. The highest BCUT2D eigenvalue weighted by molar-refractivity contribution is 6.08. The van der Waals surface area contributed by atoms with Gasteiger partial charge in [-0.15, -0.1) is 0 Å². The molecule has 1 aliphatic rings. The molecule has 24 heavy (non-hydrogen) atoms. The van der Waals surface area contributed by atoms with Crippen LogP contribution in [0.5, 0.6) is 5.75 Å². The Labute approximate surface area is 140 Å². The molecule has 0 saturated carbocycles. The summed E-state index contributed by atoms with van der Waals surface area (Å²) in [5.41, 5.74) is 0.00618. The summed E-state index contributed by atoms with van der Waals surface area (Å²) in [4.78, 5) is 37.0. The lowest BCUT2D eigenvalue weighted by atomic mass is 9.93. The number of nitrogens with one attached hydrogen (secondary N) is 1. The van der Waals surface area contributed by atoms with Gasteiger partial charge in [0, 0.05) is 0 Å². The van der Waals surface area contributed by atoms with E-state index in [4.69, 9.17) is 9.47 Å². The SMILES string of the molecule is CCOC(=O)CN1C(=O)N[C@](C)(CCc2ccc(OC)cc2)C1=O. The van der Waals surface area contributed by atoms with Gasteiger partial charge in [-0.1, -0.05) is 12.1 Å². The Bertz CT molecular complexity index is 628. The smallest absolute Gasteiger partial charge is 0.326 e. The van der Waals surface area contributed by atoms with E-state index in [1.54, 1.807) is 21.0 Å². The lowest BCUT2D eigenvalue weighted by molar-refractivity contribution is -0.147. The predicted octanol–water partition coefficient (Wildman–Crippen LogP) is 1.50. The highest BCUT2D eigenvalue weighted by atomic mass is 16.5. The van der Waals surface area contributed by atoms with Crippen molar-refractivity contribution in [1.29, 1.82) is 0 Å². The molecule has 1 saturated heterocycles. The predicted molar refractivity (Wildman–Crippen MR) is 86.6 cm³/mol. The molecule has 0 aliphatic carbocycles. The van der Waals surface area contributed by atoms with Gasteiger partial charge in [-0.2, -0.15) is 0 Å². The molecular weight excluding hydrogens is 312 g/mol. The van der Waals surface area contributed by atoms with Crippen molar-refractivity contribution in [3.8, 4) is 5.75 Å². The number of rotatable bonds is 7. The number of benzene rings is 1. The number of amides is 3. The molecule has 2 rings (SSSR count). The number of esters is 1. The van der Waals surface area contributed by atoms with Gasteiger partial charge < -0.3 is 14.8 Å². The lowest BCUT2D eigenvalue weighted by Crippen LogP contribution is -2.44. The normalized spacial score (nSPS) is 20.0. The molecule has 0 aromatic heterocycles. The van der Waals surface area contributed by atoms with E-state index < -0.39 is 23.4 Å². The van der Waals surface area contributed by atoms with Crippen molar-refractivity contribution < 1.29 is 23.9 Å². The van der Waals surface area contributed by atoms with Crippen LogP contribution in [0.3, 0.4) is 0 Å². The first kappa shape index (κ1) is 17.8. The Balaban J connectivity index is 2.00. The summed E-state index contributed by atoms with van der Waals surface area (Å²) >= 11 is 0. The molecule has 1 aromatic carbocycles. The number of methoxy groups -OCH3 is 1. The first-order valence-electron chi connectivity index (χ1n) is 7.82. The summed E-state index contributed by atoms with van der Waals surface area (Å²) < 4.78 is 9.90.